The van der Waals surface area contributed by atoms with E-state index in [-0.39, 0.29) is 29.3 Å². The molecule has 2 saturated heterocycles. The van der Waals surface area contributed by atoms with E-state index in [0.29, 0.717) is 29.2 Å². The fraction of sp³-hybridized carbons (Fsp3) is 0.600. The lowest BCUT2D eigenvalue weighted by atomic mass is 9.89. The minimum Gasteiger partial charge on any atom is -0.393 e. The lowest BCUT2D eigenvalue weighted by molar-refractivity contribution is 0.101. The van der Waals surface area contributed by atoms with E-state index in [1.165, 1.54) is 37.1 Å². The quantitative estimate of drug-likeness (QED) is 0.269. The van der Waals surface area contributed by atoms with Crippen molar-refractivity contribution < 1.29 is 13.9 Å². The number of alkyl halides is 1. The van der Waals surface area contributed by atoms with Crippen molar-refractivity contribution in [3.8, 4) is 0 Å². The highest BCUT2D eigenvalue weighted by atomic mass is 35.5. The number of piperidine rings is 1. The molecule has 6 unspecified atom stereocenters. The highest BCUT2D eigenvalue weighted by molar-refractivity contribution is 8.03. The number of hydrogen-bond acceptors (Lipinski definition) is 6. The molecule has 5 heterocycles. The second-order valence-electron chi connectivity index (χ2n) is 13.7. The van der Waals surface area contributed by atoms with Crippen molar-refractivity contribution >= 4 is 34.9 Å². The van der Waals surface area contributed by atoms with Crippen LogP contribution in [0.25, 0.3) is 0 Å². The largest absolute Gasteiger partial charge is 0.393 e. The SMILES string of the molecule is C[C@@H](F)CC1C=CC(C2=C3CC(CCCCN4CC5CC(O)C(C5)C4)CN3C(C3CC=CS3)=N[C@H]2c2ccc(F)cc2Cl)=N1. The van der Waals surface area contributed by atoms with Gasteiger partial charge in [0.05, 0.1) is 29.3 Å². The molecule has 1 N–H and O–H groups in total. The van der Waals surface area contributed by atoms with Gasteiger partial charge in [0.1, 0.15) is 17.7 Å². The summed E-state index contributed by atoms with van der Waals surface area (Å²) in [5, 5.41) is 13.1. The van der Waals surface area contributed by atoms with Crippen LogP contribution in [0.2, 0.25) is 5.02 Å². The Morgan fingerprint density at radius 1 is 1.16 bits per heavy atom. The van der Waals surface area contributed by atoms with Crippen LogP contribution in [0.5, 0.6) is 0 Å². The normalized spacial score (nSPS) is 33.8. The molecule has 1 saturated carbocycles. The number of benzene rings is 1. The molecule has 0 amide bonds. The van der Waals surface area contributed by atoms with E-state index in [1.807, 2.05) is 23.9 Å². The Balaban J connectivity index is 1.14. The average molecular weight is 641 g/mol. The van der Waals surface area contributed by atoms with Crippen molar-refractivity contribution in [2.24, 2.45) is 27.7 Å². The molecule has 1 aromatic carbocycles. The summed E-state index contributed by atoms with van der Waals surface area (Å²) in [5.41, 5.74) is 3.92. The van der Waals surface area contributed by atoms with E-state index in [9.17, 15) is 13.9 Å². The molecule has 3 fully saturated rings. The molecule has 236 valence electrons. The topological polar surface area (TPSA) is 51.4 Å². The fourth-order valence-corrected chi connectivity index (χ4v) is 9.55. The number of fused-ring (bicyclic) bond motifs is 3. The van der Waals surface area contributed by atoms with E-state index >= 15 is 0 Å². The molecular weight excluding hydrogens is 598 g/mol. The summed E-state index contributed by atoms with van der Waals surface area (Å²) in [6.45, 7) is 5.81. The molecule has 9 heteroatoms. The van der Waals surface area contributed by atoms with Gasteiger partial charge in [-0.25, -0.2) is 8.78 Å². The molecule has 0 aromatic heterocycles. The molecule has 44 heavy (non-hydrogen) atoms. The second kappa shape index (κ2) is 13.0. The van der Waals surface area contributed by atoms with Gasteiger partial charge in [0.15, 0.2) is 0 Å². The van der Waals surface area contributed by atoms with Gasteiger partial charge in [-0.2, -0.15) is 0 Å². The van der Waals surface area contributed by atoms with E-state index in [1.54, 1.807) is 13.0 Å². The molecule has 6 aliphatic rings. The highest BCUT2D eigenvalue weighted by Crippen LogP contribution is 2.47. The number of nitrogens with zero attached hydrogens (tertiary/aromatic N) is 4. The first kappa shape index (κ1) is 30.6. The van der Waals surface area contributed by atoms with Crippen molar-refractivity contribution in [1.82, 2.24) is 9.80 Å². The van der Waals surface area contributed by atoms with Gasteiger partial charge >= 0.3 is 0 Å². The Bertz CT molecular complexity index is 1400. The Morgan fingerprint density at radius 3 is 2.82 bits per heavy atom. The Labute approximate surface area is 269 Å². The molecule has 7 rings (SSSR count). The Morgan fingerprint density at radius 2 is 2.05 bits per heavy atom. The van der Waals surface area contributed by atoms with Gasteiger partial charge in [0, 0.05) is 47.9 Å². The van der Waals surface area contributed by atoms with Crippen LogP contribution in [0.4, 0.5) is 8.78 Å². The number of unbranched alkanes of at least 4 members (excludes halogenated alkanes) is 1. The maximum absolute atomic E-state index is 14.2. The van der Waals surface area contributed by atoms with Gasteiger partial charge in [-0.1, -0.05) is 36.2 Å². The van der Waals surface area contributed by atoms with Crippen LogP contribution in [0.1, 0.15) is 69.9 Å². The molecule has 5 aliphatic heterocycles. The van der Waals surface area contributed by atoms with Gasteiger partial charge in [-0.3, -0.25) is 9.98 Å². The van der Waals surface area contributed by atoms with E-state index in [0.717, 1.165) is 74.5 Å². The summed E-state index contributed by atoms with van der Waals surface area (Å²) >= 11 is 8.51. The van der Waals surface area contributed by atoms with Crippen molar-refractivity contribution in [2.75, 3.05) is 26.2 Å². The van der Waals surface area contributed by atoms with Gasteiger partial charge in [-0.15, -0.1) is 11.8 Å². The van der Waals surface area contributed by atoms with Crippen LogP contribution in [0, 0.1) is 23.6 Å². The number of rotatable bonds is 10. The maximum atomic E-state index is 14.2. The van der Waals surface area contributed by atoms with Gasteiger partial charge in [0.25, 0.3) is 0 Å². The van der Waals surface area contributed by atoms with Crippen molar-refractivity contribution in [3.63, 3.8) is 0 Å². The number of thioether (sulfide) groups is 1. The number of hydrogen-bond donors (Lipinski definition) is 1. The first-order valence-electron chi connectivity index (χ1n) is 16.5. The monoisotopic (exact) mass is 640 g/mol. The van der Waals surface area contributed by atoms with Crippen LogP contribution >= 0.6 is 23.4 Å². The third kappa shape index (κ3) is 6.33. The molecule has 2 bridgehead atoms. The van der Waals surface area contributed by atoms with Gasteiger partial charge < -0.3 is 14.9 Å². The lowest BCUT2D eigenvalue weighted by Gasteiger charge is -2.35. The summed E-state index contributed by atoms with van der Waals surface area (Å²) in [7, 11) is 0. The molecule has 1 aromatic rings. The van der Waals surface area contributed by atoms with Gasteiger partial charge in [0.2, 0.25) is 0 Å². The minimum atomic E-state index is -0.937. The predicted molar refractivity (Wildman–Crippen MR) is 177 cm³/mol. The zero-order valence-corrected chi connectivity index (χ0v) is 27.0. The average Bonchev–Trinajstić information content (AvgIpc) is 3.79. The Kier molecular flexibility index (Phi) is 9.06. The summed E-state index contributed by atoms with van der Waals surface area (Å²) in [4.78, 5) is 15.4. The number of amidine groups is 1. The number of aliphatic hydroxyl groups is 1. The fourth-order valence-electron chi connectivity index (χ4n) is 8.34. The predicted octanol–water partition coefficient (Wildman–Crippen LogP) is 7.53. The van der Waals surface area contributed by atoms with E-state index < -0.39 is 6.17 Å². The van der Waals surface area contributed by atoms with Crippen LogP contribution in [0.15, 0.2) is 63.1 Å². The van der Waals surface area contributed by atoms with Gasteiger partial charge in [-0.05, 0) is 93.4 Å². The third-order valence-electron chi connectivity index (χ3n) is 10.3. The van der Waals surface area contributed by atoms with E-state index in [4.69, 9.17) is 21.6 Å². The summed E-state index contributed by atoms with van der Waals surface area (Å²) in [6.07, 6.45) is 13.1. The number of halogens is 3. The number of likely N-dealkylation sites (tertiary alicyclic amines) is 1. The molecule has 0 spiro atoms. The zero-order valence-electron chi connectivity index (χ0n) is 25.4. The number of aliphatic hydroxyl groups excluding tert-OH is 1. The van der Waals surface area contributed by atoms with Crippen LogP contribution < -0.4 is 0 Å². The Hall–Kier alpha value is -2.00. The lowest BCUT2D eigenvalue weighted by Crippen LogP contribution is -2.39. The number of aliphatic imine (C=N–C) groups is 2. The standard InChI is InChI=1S/C35H43ClF2N4OS/c1-21(37)13-26-8-10-29(39-26)33-30-15-22(5-2-3-11-41-18-23-14-24(20-41)31(43)16-23)19-42(30)35(32-6-4-12-44-32)40-34(33)27-9-7-25(38)17-28(27)36/h4,7-10,12,17,21-24,26,31-32,34,43H,2-3,5-6,11,13-16,18-20H2,1H3/t21-,22?,23?,24?,26?,31?,32?,34+/m1/s1. The number of allylic oxidation sites excluding steroid dienone is 3. The van der Waals surface area contributed by atoms with Crippen LogP contribution in [-0.4, -0.2) is 76.2 Å². The first-order valence-corrected chi connectivity index (χ1v) is 17.8. The van der Waals surface area contributed by atoms with Crippen LogP contribution in [0.3, 0.4) is 0 Å². The summed E-state index contributed by atoms with van der Waals surface area (Å²) in [6, 6.07) is 4.01. The maximum Gasteiger partial charge on any atom is 0.124 e. The van der Waals surface area contributed by atoms with Crippen LogP contribution in [-0.2, 0) is 0 Å². The van der Waals surface area contributed by atoms with E-state index in [2.05, 4.69) is 21.3 Å². The summed E-state index contributed by atoms with van der Waals surface area (Å²) < 4.78 is 28.1. The smallest absolute Gasteiger partial charge is 0.124 e. The second-order valence-corrected chi connectivity index (χ2v) is 15.2. The van der Waals surface area contributed by atoms with Crippen molar-refractivity contribution in [1.29, 1.82) is 0 Å². The minimum absolute atomic E-state index is 0.101. The summed E-state index contributed by atoms with van der Waals surface area (Å²) in [5.74, 6) is 2.34. The molecule has 0 radical (unpaired) electrons. The zero-order chi connectivity index (χ0) is 30.4. The van der Waals surface area contributed by atoms with Crippen molar-refractivity contribution in [2.45, 2.75) is 87.9 Å². The molecule has 5 nitrogen and oxygen atoms in total. The third-order valence-corrected chi connectivity index (χ3v) is 11.7. The highest BCUT2D eigenvalue weighted by Gasteiger charge is 2.43. The molecular formula is C35H43ClF2N4OS. The molecule has 1 aliphatic carbocycles. The van der Waals surface area contributed by atoms with Crippen molar-refractivity contribution in [3.05, 3.63) is 69.5 Å². The molecule has 8 atom stereocenters. The first-order chi connectivity index (χ1) is 21.3.